The first-order valence-electron chi connectivity index (χ1n) is 13.6. The van der Waals surface area contributed by atoms with Crippen LogP contribution in [0.15, 0.2) is 117 Å². The van der Waals surface area contributed by atoms with Crippen molar-refractivity contribution in [3.63, 3.8) is 0 Å². The Labute approximate surface area is 282 Å². The number of nitrogens with one attached hydrogen (secondary N) is 1. The molecular weight excluding hydrogens is 756 g/mol. The topological polar surface area (TPSA) is 128 Å². The van der Waals surface area contributed by atoms with Crippen molar-refractivity contribution in [2.24, 2.45) is 5.10 Å². The Hall–Kier alpha value is -4.76. The summed E-state index contributed by atoms with van der Waals surface area (Å²) >= 11 is 9.67. The van der Waals surface area contributed by atoms with E-state index in [0.29, 0.717) is 48.4 Å². The Balaban J connectivity index is 1.14. The van der Waals surface area contributed by atoms with Gasteiger partial charge in [0.1, 0.15) is 11.3 Å². The van der Waals surface area contributed by atoms with E-state index in [-0.39, 0.29) is 5.56 Å². The van der Waals surface area contributed by atoms with E-state index < -0.39 is 11.3 Å². The maximum atomic E-state index is 13.1. The van der Waals surface area contributed by atoms with Gasteiger partial charge in [0.05, 0.1) is 37.7 Å². The van der Waals surface area contributed by atoms with Gasteiger partial charge in [0, 0.05) is 32.4 Å². The molecule has 0 atom stereocenters. The van der Waals surface area contributed by atoms with Crippen molar-refractivity contribution in [1.29, 1.82) is 0 Å². The van der Waals surface area contributed by atoms with Gasteiger partial charge < -0.3 is 8.83 Å². The molecular formula is C32H16Br2N6O4S2. The Kier molecular flexibility index (Phi) is 7.21. The molecule has 0 fully saturated rings. The van der Waals surface area contributed by atoms with Crippen LogP contribution < -0.4 is 16.7 Å². The summed E-state index contributed by atoms with van der Waals surface area (Å²) in [7, 11) is 0. The second-order valence-electron chi connectivity index (χ2n) is 9.99. The van der Waals surface area contributed by atoms with Gasteiger partial charge in [-0.25, -0.2) is 24.2 Å². The summed E-state index contributed by atoms with van der Waals surface area (Å²) < 4.78 is 15.3. The van der Waals surface area contributed by atoms with E-state index in [1.54, 1.807) is 40.7 Å². The SMILES string of the molecule is O=c1oc2c(Br)cc(Br)cc2cc1-c1csc(N/N=C/c2cn(-c3nc4ccccc4s3)nc2-c2cc3ccccc3oc2=O)n1. The van der Waals surface area contributed by atoms with E-state index in [9.17, 15) is 9.59 Å². The normalized spacial score (nSPS) is 11.8. The Bertz CT molecular complexity index is 2590. The highest BCUT2D eigenvalue weighted by Crippen LogP contribution is 2.32. The minimum Gasteiger partial charge on any atom is -0.422 e. The molecule has 8 aromatic rings. The molecule has 0 aliphatic rings. The highest BCUT2D eigenvalue weighted by atomic mass is 79.9. The lowest BCUT2D eigenvalue weighted by atomic mass is 10.1. The second-order valence-corrected chi connectivity index (χ2v) is 13.6. The molecule has 5 aromatic heterocycles. The van der Waals surface area contributed by atoms with Crippen LogP contribution in [0.3, 0.4) is 0 Å². The van der Waals surface area contributed by atoms with Crippen LogP contribution in [0.1, 0.15) is 5.56 Å². The highest BCUT2D eigenvalue weighted by Gasteiger charge is 2.19. The molecule has 1 N–H and O–H groups in total. The summed E-state index contributed by atoms with van der Waals surface area (Å²) in [4.78, 5) is 35.2. The number of rotatable bonds is 6. The third-order valence-corrected chi connectivity index (χ3v) is 9.83. The predicted molar refractivity (Wildman–Crippen MR) is 188 cm³/mol. The first-order chi connectivity index (χ1) is 22.4. The molecule has 0 aliphatic carbocycles. The summed E-state index contributed by atoms with van der Waals surface area (Å²) in [6.07, 6.45) is 3.32. The second kappa shape index (κ2) is 11.6. The molecule has 0 unspecified atom stereocenters. The summed E-state index contributed by atoms with van der Waals surface area (Å²) in [6, 6.07) is 22.3. The van der Waals surface area contributed by atoms with E-state index in [4.69, 9.17) is 18.9 Å². The summed E-state index contributed by atoms with van der Waals surface area (Å²) in [5.74, 6) is 0. The maximum Gasteiger partial charge on any atom is 0.345 e. The molecule has 0 amide bonds. The minimum absolute atomic E-state index is 0.290. The number of hydrogen-bond acceptors (Lipinski definition) is 11. The molecule has 10 nitrogen and oxygen atoms in total. The van der Waals surface area contributed by atoms with Crippen LogP contribution in [0.2, 0.25) is 0 Å². The third-order valence-electron chi connectivity index (χ3n) is 7.01. The lowest BCUT2D eigenvalue weighted by molar-refractivity contribution is 0.561. The van der Waals surface area contributed by atoms with E-state index in [1.807, 2.05) is 54.6 Å². The largest absolute Gasteiger partial charge is 0.422 e. The fourth-order valence-corrected chi connectivity index (χ4v) is 7.81. The van der Waals surface area contributed by atoms with Gasteiger partial charge >= 0.3 is 11.3 Å². The Morgan fingerprint density at radius 3 is 2.59 bits per heavy atom. The fraction of sp³-hybridized carbons (Fsp3) is 0. The zero-order valence-corrected chi connectivity index (χ0v) is 27.9. The molecule has 0 bridgehead atoms. The summed E-state index contributed by atoms with van der Waals surface area (Å²) in [5.41, 5.74) is 5.70. The van der Waals surface area contributed by atoms with E-state index in [2.05, 4.69) is 47.4 Å². The molecule has 8 rings (SSSR count). The van der Waals surface area contributed by atoms with Crippen molar-refractivity contribution >= 4 is 98.0 Å². The van der Waals surface area contributed by atoms with Crippen molar-refractivity contribution in [3.05, 3.63) is 120 Å². The average molecular weight is 772 g/mol. The molecule has 3 aromatic carbocycles. The zero-order valence-electron chi connectivity index (χ0n) is 23.1. The lowest BCUT2D eigenvalue weighted by Crippen LogP contribution is -2.05. The van der Waals surface area contributed by atoms with Crippen LogP contribution in [-0.2, 0) is 0 Å². The fourth-order valence-electron chi connectivity index (χ4n) is 4.92. The summed E-state index contributed by atoms with van der Waals surface area (Å²) in [5, 5.41) is 13.5. The quantitative estimate of drug-likeness (QED) is 0.101. The molecule has 0 aliphatic heterocycles. The first kappa shape index (κ1) is 28.7. The number of nitrogens with zero attached hydrogens (tertiary/aromatic N) is 5. The van der Waals surface area contributed by atoms with Gasteiger partial charge in [0.2, 0.25) is 10.3 Å². The molecule has 0 saturated heterocycles. The van der Waals surface area contributed by atoms with Crippen LogP contribution in [0.5, 0.6) is 0 Å². The number of para-hydroxylation sites is 2. The smallest absolute Gasteiger partial charge is 0.345 e. The van der Waals surface area contributed by atoms with Gasteiger partial charge in [-0.3, -0.25) is 5.43 Å². The molecule has 46 heavy (non-hydrogen) atoms. The van der Waals surface area contributed by atoms with Crippen molar-refractivity contribution in [2.45, 2.75) is 0 Å². The number of aromatic nitrogens is 4. The Morgan fingerprint density at radius 2 is 1.70 bits per heavy atom. The molecule has 14 heteroatoms. The van der Waals surface area contributed by atoms with Gasteiger partial charge in [-0.1, -0.05) is 57.6 Å². The number of benzene rings is 3. The molecule has 0 spiro atoms. The van der Waals surface area contributed by atoms with Crippen LogP contribution in [0.25, 0.3) is 59.8 Å². The van der Waals surface area contributed by atoms with Gasteiger partial charge in [-0.05, 0) is 58.4 Å². The highest BCUT2D eigenvalue weighted by molar-refractivity contribution is 9.11. The van der Waals surface area contributed by atoms with Crippen LogP contribution in [0, 0.1) is 0 Å². The van der Waals surface area contributed by atoms with Gasteiger partial charge in [-0.15, -0.1) is 11.3 Å². The van der Waals surface area contributed by atoms with Crippen LogP contribution >= 0.6 is 54.5 Å². The monoisotopic (exact) mass is 770 g/mol. The molecule has 224 valence electrons. The van der Waals surface area contributed by atoms with Gasteiger partial charge in [-0.2, -0.15) is 10.2 Å². The zero-order chi connectivity index (χ0) is 31.4. The number of halogens is 2. The molecule has 0 saturated carbocycles. The number of hydrogen-bond donors (Lipinski definition) is 1. The minimum atomic E-state index is -0.520. The standard InChI is InChI=1S/C32H16Br2N6O4S2/c33-19-9-17-11-20(29(41)44-28(17)22(34)12-19)24-15-45-31(36-24)38-35-13-18-14-40(32-37-23-6-2-4-8-26(23)46-32)39-27(18)21-10-16-5-1-3-7-25(16)43-30(21)42/h1-15H,(H,36,38)/b35-13+. The third kappa shape index (κ3) is 5.28. The van der Waals surface area contributed by atoms with E-state index in [0.717, 1.165) is 25.5 Å². The van der Waals surface area contributed by atoms with Crippen LogP contribution in [0.4, 0.5) is 5.13 Å². The van der Waals surface area contributed by atoms with Crippen molar-refractivity contribution in [3.8, 4) is 27.6 Å². The summed E-state index contributed by atoms with van der Waals surface area (Å²) in [6.45, 7) is 0. The lowest BCUT2D eigenvalue weighted by Gasteiger charge is -2.03. The first-order valence-corrected chi connectivity index (χ1v) is 16.8. The van der Waals surface area contributed by atoms with Crippen LogP contribution in [-0.4, -0.2) is 26.0 Å². The average Bonchev–Trinajstić information content (AvgIpc) is 3.79. The van der Waals surface area contributed by atoms with Gasteiger partial charge in [0.15, 0.2) is 5.58 Å². The number of fused-ring (bicyclic) bond motifs is 3. The Morgan fingerprint density at radius 1 is 0.891 bits per heavy atom. The van der Waals surface area contributed by atoms with Crippen molar-refractivity contribution < 1.29 is 8.83 Å². The van der Waals surface area contributed by atoms with Crippen molar-refractivity contribution in [2.75, 3.05) is 5.43 Å². The number of thiazole rings is 2. The number of hydrazone groups is 1. The number of anilines is 1. The predicted octanol–water partition coefficient (Wildman–Crippen LogP) is 8.46. The van der Waals surface area contributed by atoms with E-state index >= 15 is 0 Å². The maximum absolute atomic E-state index is 13.1. The molecule has 5 heterocycles. The van der Waals surface area contributed by atoms with E-state index in [1.165, 1.54) is 22.7 Å². The molecule has 0 radical (unpaired) electrons. The van der Waals surface area contributed by atoms with Crippen molar-refractivity contribution in [1.82, 2.24) is 19.7 Å². The van der Waals surface area contributed by atoms with Gasteiger partial charge in [0.25, 0.3) is 0 Å².